The van der Waals surface area contributed by atoms with Gasteiger partial charge in [-0.3, -0.25) is 28.8 Å². The summed E-state index contributed by atoms with van der Waals surface area (Å²) in [4.78, 5) is 78.1. The molecule has 0 aliphatic rings. The number of ketones is 2. The number of rotatable bonds is 14. The molecule has 2 unspecified atom stereocenters. The second-order valence-electron chi connectivity index (χ2n) is 13.7. The zero-order valence-corrected chi connectivity index (χ0v) is 39.4. The van der Waals surface area contributed by atoms with Crippen LogP contribution in [0.3, 0.4) is 0 Å². The molecule has 0 aliphatic carbocycles. The lowest BCUT2D eigenvalue weighted by atomic mass is 10.1. The first-order valence-corrected chi connectivity index (χ1v) is 21.2. The SMILES string of the molecule is CC(=O)C(N=Nc1cc(Cl)cc(C(=O)Nc2cc(Cl)c(Cl)c(Cl)c2)c1)C(=O)Nc1cc(C)c(NC(=O)C(N=Nc2cc(Cl)cc(C(=O)Nc3cc(Cl)c(Cl)c(Cl)c3)c2)C(C)=O)c(C)c1. The number of benzene rings is 5. The summed E-state index contributed by atoms with van der Waals surface area (Å²) in [6.07, 6.45) is 0. The number of aryl methyl sites for hydroxylation is 2. The number of Topliss-reactive ketones (excluding diaryl/α,β-unsaturated/α-hetero) is 2. The van der Waals surface area contributed by atoms with Gasteiger partial charge in [0, 0.05) is 43.9 Å². The number of hydrogen-bond donors (Lipinski definition) is 4. The summed E-state index contributed by atoms with van der Waals surface area (Å²) < 4.78 is 0. The van der Waals surface area contributed by atoms with Gasteiger partial charge in [0.2, 0.25) is 12.1 Å². The van der Waals surface area contributed by atoms with E-state index in [2.05, 4.69) is 41.7 Å². The maximum Gasteiger partial charge on any atom is 0.258 e. The van der Waals surface area contributed by atoms with Crippen molar-refractivity contribution in [3.8, 4) is 0 Å². The molecule has 330 valence electrons. The molecule has 0 saturated heterocycles. The topological polar surface area (TPSA) is 200 Å². The van der Waals surface area contributed by atoms with E-state index in [1.165, 1.54) is 72.8 Å². The Balaban J connectivity index is 1.26. The minimum absolute atomic E-state index is 0.0613. The molecule has 0 heterocycles. The Bertz CT molecular complexity index is 2750. The first-order chi connectivity index (χ1) is 30.1. The molecular formula is C42H30Cl8N8O6. The van der Waals surface area contributed by atoms with E-state index in [4.69, 9.17) is 92.8 Å². The molecule has 4 amide bonds. The number of nitrogens with zero attached hydrogens (tertiary/aromatic N) is 4. The van der Waals surface area contributed by atoms with Crippen molar-refractivity contribution in [3.63, 3.8) is 0 Å². The zero-order valence-electron chi connectivity index (χ0n) is 33.3. The summed E-state index contributed by atoms with van der Waals surface area (Å²) in [6, 6.07) is 13.6. The Morgan fingerprint density at radius 1 is 0.453 bits per heavy atom. The maximum absolute atomic E-state index is 13.4. The van der Waals surface area contributed by atoms with E-state index >= 15 is 0 Å². The van der Waals surface area contributed by atoms with Crippen molar-refractivity contribution in [2.75, 3.05) is 21.3 Å². The fourth-order valence-corrected chi connectivity index (χ4v) is 7.36. The van der Waals surface area contributed by atoms with E-state index in [1.807, 2.05) is 0 Å². The van der Waals surface area contributed by atoms with Gasteiger partial charge in [0.25, 0.3) is 23.6 Å². The van der Waals surface area contributed by atoms with Gasteiger partial charge in [-0.25, -0.2) is 0 Å². The predicted molar refractivity (Wildman–Crippen MR) is 253 cm³/mol. The molecule has 0 bridgehead atoms. The fourth-order valence-electron chi connectivity index (χ4n) is 5.71. The molecular weight excluding hydrogens is 996 g/mol. The van der Waals surface area contributed by atoms with Crippen LogP contribution < -0.4 is 21.3 Å². The number of anilines is 4. The predicted octanol–water partition coefficient (Wildman–Crippen LogP) is 13.4. The molecule has 5 rings (SSSR count). The standard InChI is InChI=1S/C42H30Cl8N8O6/c1-17-5-25(53-41(63)37(19(3)59)57-55-28-9-21(7-23(43)11-28)39(61)51-26-13-30(45)34(49)31(46)14-26)6-18(2)36(17)54-42(64)38(20(4)60)58-56-29-10-22(8-24(44)12-29)40(62)52-27-15-32(47)35(50)33(48)16-27/h5-16,37-38H,1-4H3,(H,51,61)(H,52,62)(H,53,63)(H,54,64). The first-order valence-electron chi connectivity index (χ1n) is 18.2. The highest BCUT2D eigenvalue weighted by atomic mass is 35.5. The summed E-state index contributed by atoms with van der Waals surface area (Å²) in [5.74, 6) is -4.17. The van der Waals surface area contributed by atoms with Crippen LogP contribution in [0.25, 0.3) is 0 Å². The second kappa shape index (κ2) is 21.7. The lowest BCUT2D eigenvalue weighted by molar-refractivity contribution is -0.127. The molecule has 64 heavy (non-hydrogen) atoms. The number of nitrogens with one attached hydrogen (secondary N) is 4. The highest BCUT2D eigenvalue weighted by molar-refractivity contribution is 6.49. The molecule has 0 fully saturated rings. The van der Waals surface area contributed by atoms with E-state index in [0.29, 0.717) is 16.8 Å². The lowest BCUT2D eigenvalue weighted by Gasteiger charge is -2.17. The largest absolute Gasteiger partial charge is 0.324 e. The summed E-state index contributed by atoms with van der Waals surface area (Å²) >= 11 is 48.8. The Morgan fingerprint density at radius 3 is 1.16 bits per heavy atom. The van der Waals surface area contributed by atoms with Crippen molar-refractivity contribution in [2.24, 2.45) is 20.5 Å². The van der Waals surface area contributed by atoms with Crippen LogP contribution >= 0.6 is 92.8 Å². The Labute approximate surface area is 405 Å². The number of hydrogen-bond acceptors (Lipinski definition) is 10. The lowest BCUT2D eigenvalue weighted by Crippen LogP contribution is -2.33. The second-order valence-corrected chi connectivity index (χ2v) is 17.0. The molecule has 0 spiro atoms. The van der Waals surface area contributed by atoms with Gasteiger partial charge in [0.1, 0.15) is 0 Å². The third-order valence-corrected chi connectivity index (χ3v) is 11.5. The highest BCUT2D eigenvalue weighted by Crippen LogP contribution is 2.35. The molecule has 14 nitrogen and oxygen atoms in total. The van der Waals surface area contributed by atoms with Crippen molar-refractivity contribution in [1.82, 2.24) is 0 Å². The summed E-state index contributed by atoms with van der Waals surface area (Å²) in [5, 5.41) is 27.5. The molecule has 22 heteroatoms. The van der Waals surface area contributed by atoms with Crippen LogP contribution in [0.15, 0.2) is 93.3 Å². The molecule has 0 saturated carbocycles. The summed E-state index contributed by atoms with van der Waals surface area (Å²) in [6.45, 7) is 5.58. The average Bonchev–Trinajstić information content (AvgIpc) is 3.19. The van der Waals surface area contributed by atoms with E-state index in [-0.39, 0.29) is 79.7 Å². The molecule has 0 radical (unpaired) electrons. The van der Waals surface area contributed by atoms with Crippen LogP contribution in [0.5, 0.6) is 0 Å². The van der Waals surface area contributed by atoms with E-state index in [1.54, 1.807) is 13.8 Å². The Hall–Kier alpha value is -5.16. The molecule has 2 atom stereocenters. The van der Waals surface area contributed by atoms with E-state index in [9.17, 15) is 28.8 Å². The fraction of sp³-hybridized carbons (Fsp3) is 0.143. The molecule has 5 aromatic rings. The monoisotopic (exact) mass is 1020 g/mol. The van der Waals surface area contributed by atoms with Crippen molar-refractivity contribution in [1.29, 1.82) is 0 Å². The Kier molecular flexibility index (Phi) is 16.9. The van der Waals surface area contributed by atoms with Crippen molar-refractivity contribution in [2.45, 2.75) is 39.8 Å². The first kappa shape index (κ1) is 49.8. The number of amides is 4. The van der Waals surface area contributed by atoms with Crippen LogP contribution in [-0.2, 0) is 19.2 Å². The number of halogens is 8. The average molecular weight is 1030 g/mol. The van der Waals surface area contributed by atoms with Gasteiger partial charge in [-0.05, 0) is 112 Å². The number of carbonyl (C=O) groups is 6. The molecule has 0 aromatic heterocycles. The van der Waals surface area contributed by atoms with Crippen molar-refractivity contribution in [3.05, 3.63) is 135 Å². The highest BCUT2D eigenvalue weighted by Gasteiger charge is 2.26. The summed E-state index contributed by atoms with van der Waals surface area (Å²) in [5.41, 5.74) is 2.24. The minimum Gasteiger partial charge on any atom is -0.324 e. The van der Waals surface area contributed by atoms with Gasteiger partial charge < -0.3 is 21.3 Å². The molecule has 5 aromatic carbocycles. The molecule has 4 N–H and O–H groups in total. The van der Waals surface area contributed by atoms with E-state index in [0.717, 1.165) is 13.8 Å². The van der Waals surface area contributed by atoms with Crippen LogP contribution in [0.2, 0.25) is 40.2 Å². The third kappa shape index (κ3) is 13.0. The molecule has 0 aliphatic heterocycles. The van der Waals surface area contributed by atoms with E-state index < -0.39 is 47.3 Å². The van der Waals surface area contributed by atoms with Crippen LogP contribution in [0, 0.1) is 13.8 Å². The normalized spacial score (nSPS) is 12.2. The zero-order chi connectivity index (χ0) is 47.2. The third-order valence-electron chi connectivity index (χ3n) is 8.67. The Morgan fingerprint density at radius 2 is 0.797 bits per heavy atom. The van der Waals surface area contributed by atoms with Gasteiger partial charge in [-0.1, -0.05) is 92.8 Å². The van der Waals surface area contributed by atoms with Gasteiger partial charge in [0.15, 0.2) is 11.6 Å². The number of azo groups is 2. The van der Waals surface area contributed by atoms with Crippen LogP contribution in [0.4, 0.5) is 34.1 Å². The van der Waals surface area contributed by atoms with Crippen molar-refractivity contribution < 1.29 is 28.8 Å². The summed E-state index contributed by atoms with van der Waals surface area (Å²) in [7, 11) is 0. The number of carbonyl (C=O) groups excluding carboxylic acids is 6. The maximum atomic E-state index is 13.4. The quantitative estimate of drug-likeness (QED) is 0.0484. The smallest absolute Gasteiger partial charge is 0.258 e. The van der Waals surface area contributed by atoms with Gasteiger partial charge in [0.05, 0.1) is 41.5 Å². The van der Waals surface area contributed by atoms with Crippen molar-refractivity contribution >= 4 is 162 Å². The van der Waals surface area contributed by atoms with Crippen LogP contribution in [0.1, 0.15) is 45.7 Å². The van der Waals surface area contributed by atoms with Gasteiger partial charge in [-0.2, -0.15) is 20.5 Å². The van der Waals surface area contributed by atoms with Crippen LogP contribution in [-0.4, -0.2) is 47.3 Å². The minimum atomic E-state index is -1.61. The van der Waals surface area contributed by atoms with Gasteiger partial charge in [-0.15, -0.1) is 0 Å². The van der Waals surface area contributed by atoms with Gasteiger partial charge >= 0.3 is 0 Å².